The van der Waals surface area contributed by atoms with Gasteiger partial charge in [-0.05, 0) is 36.4 Å². The van der Waals surface area contributed by atoms with Crippen molar-refractivity contribution in [3.05, 3.63) is 69.5 Å². The molecular formula is C19H17ClN6O4S. The van der Waals surface area contributed by atoms with Gasteiger partial charge in [-0.3, -0.25) is 19.7 Å². The first kappa shape index (κ1) is 22.2. The molecule has 0 aliphatic heterocycles. The van der Waals surface area contributed by atoms with Gasteiger partial charge in [0.25, 0.3) is 5.69 Å². The number of thioether (sulfide) groups is 1. The van der Waals surface area contributed by atoms with Crippen LogP contribution in [-0.2, 0) is 23.1 Å². The summed E-state index contributed by atoms with van der Waals surface area (Å²) in [6.07, 6.45) is 0.0156. The van der Waals surface area contributed by atoms with E-state index in [0.29, 0.717) is 27.4 Å². The molecule has 12 heteroatoms. The normalized spacial score (nSPS) is 10.5. The zero-order chi connectivity index (χ0) is 22.4. The number of carbonyl (C=O) groups is 2. The Labute approximate surface area is 186 Å². The van der Waals surface area contributed by atoms with Crippen molar-refractivity contribution in [3.8, 4) is 0 Å². The zero-order valence-electron chi connectivity index (χ0n) is 16.2. The molecule has 0 unspecified atom stereocenters. The Kier molecular flexibility index (Phi) is 7.21. The van der Waals surface area contributed by atoms with Crippen LogP contribution in [0.25, 0.3) is 0 Å². The summed E-state index contributed by atoms with van der Waals surface area (Å²) in [5, 5.41) is 25.2. The first-order valence-electron chi connectivity index (χ1n) is 8.92. The molecule has 0 saturated heterocycles. The Balaban J connectivity index is 1.51. The van der Waals surface area contributed by atoms with Gasteiger partial charge in [-0.15, -0.1) is 10.2 Å². The van der Waals surface area contributed by atoms with Crippen molar-refractivity contribution in [2.45, 2.75) is 11.6 Å². The number of carbonyl (C=O) groups excluding carboxylic acids is 2. The Hall–Kier alpha value is -3.44. The number of benzene rings is 2. The van der Waals surface area contributed by atoms with E-state index in [1.807, 2.05) is 0 Å². The van der Waals surface area contributed by atoms with Crippen LogP contribution in [0.5, 0.6) is 0 Å². The fourth-order valence-corrected chi connectivity index (χ4v) is 3.36. The Bertz CT molecular complexity index is 1100. The van der Waals surface area contributed by atoms with Crippen molar-refractivity contribution in [2.75, 3.05) is 16.4 Å². The van der Waals surface area contributed by atoms with Crippen molar-refractivity contribution >= 4 is 52.2 Å². The number of non-ortho nitro benzene ring substituents is 1. The van der Waals surface area contributed by atoms with Crippen LogP contribution in [0.15, 0.2) is 53.7 Å². The molecule has 10 nitrogen and oxygen atoms in total. The molecule has 2 N–H and O–H groups in total. The van der Waals surface area contributed by atoms with Gasteiger partial charge in [0.1, 0.15) is 5.82 Å². The minimum Gasteiger partial charge on any atom is -0.326 e. The maximum Gasteiger partial charge on any atom is 0.269 e. The number of amides is 2. The molecule has 31 heavy (non-hydrogen) atoms. The highest BCUT2D eigenvalue weighted by molar-refractivity contribution is 7.99. The van der Waals surface area contributed by atoms with Gasteiger partial charge in [0, 0.05) is 35.6 Å². The van der Waals surface area contributed by atoms with Crippen LogP contribution in [0.3, 0.4) is 0 Å². The van der Waals surface area contributed by atoms with E-state index < -0.39 is 4.92 Å². The number of halogens is 1. The average molecular weight is 461 g/mol. The molecular weight excluding hydrogens is 444 g/mol. The molecule has 0 spiro atoms. The molecule has 0 radical (unpaired) electrons. The molecule has 0 saturated carbocycles. The van der Waals surface area contributed by atoms with Crippen LogP contribution in [0.2, 0.25) is 5.02 Å². The molecule has 3 rings (SSSR count). The van der Waals surface area contributed by atoms with Gasteiger partial charge < -0.3 is 15.2 Å². The number of nitrogens with one attached hydrogen (secondary N) is 2. The lowest BCUT2D eigenvalue weighted by Crippen LogP contribution is -2.17. The molecule has 1 heterocycles. The van der Waals surface area contributed by atoms with Crippen molar-refractivity contribution < 1.29 is 14.5 Å². The standard InChI is InChI=1S/C19H17ClN6O4S/c1-25-16(10-17(27)21-13-4-2-12(20)3-5-13)23-24-19(25)31-11-18(28)22-14-6-8-15(9-7-14)26(29)30/h2-9H,10-11H2,1H3,(H,21,27)(H,22,28). The first-order chi connectivity index (χ1) is 14.8. The van der Waals surface area contributed by atoms with E-state index in [1.54, 1.807) is 35.9 Å². The maximum atomic E-state index is 12.2. The van der Waals surface area contributed by atoms with Crippen LogP contribution in [0.1, 0.15) is 5.82 Å². The number of nitrogens with zero attached hydrogens (tertiary/aromatic N) is 4. The highest BCUT2D eigenvalue weighted by Crippen LogP contribution is 2.19. The number of hydrogen-bond donors (Lipinski definition) is 2. The van der Waals surface area contributed by atoms with Crippen LogP contribution in [0, 0.1) is 10.1 Å². The van der Waals surface area contributed by atoms with Gasteiger partial charge in [0.05, 0.1) is 17.1 Å². The number of nitro benzene ring substituents is 1. The fraction of sp³-hybridized carbons (Fsp3) is 0.158. The van der Waals surface area contributed by atoms with E-state index in [0.717, 1.165) is 11.8 Å². The second-order valence-corrected chi connectivity index (χ2v) is 7.71. The van der Waals surface area contributed by atoms with Crippen molar-refractivity contribution in [1.29, 1.82) is 0 Å². The molecule has 0 aliphatic rings. The molecule has 160 valence electrons. The van der Waals surface area contributed by atoms with Crippen molar-refractivity contribution in [3.63, 3.8) is 0 Å². The smallest absolute Gasteiger partial charge is 0.269 e. The highest BCUT2D eigenvalue weighted by Gasteiger charge is 2.15. The third-order valence-corrected chi connectivity index (χ3v) is 5.34. The predicted molar refractivity (Wildman–Crippen MR) is 117 cm³/mol. The van der Waals surface area contributed by atoms with Crippen molar-refractivity contribution in [2.24, 2.45) is 7.05 Å². The quantitative estimate of drug-likeness (QED) is 0.299. The van der Waals surface area contributed by atoms with E-state index in [4.69, 9.17) is 11.6 Å². The Morgan fingerprint density at radius 3 is 2.23 bits per heavy atom. The number of hydrogen-bond acceptors (Lipinski definition) is 7. The summed E-state index contributed by atoms with van der Waals surface area (Å²) in [4.78, 5) is 34.5. The maximum absolute atomic E-state index is 12.2. The van der Waals surface area contributed by atoms with Gasteiger partial charge in [0.2, 0.25) is 11.8 Å². The van der Waals surface area contributed by atoms with Gasteiger partial charge in [-0.1, -0.05) is 23.4 Å². The second kappa shape index (κ2) is 10.0. The van der Waals surface area contributed by atoms with E-state index >= 15 is 0 Å². The van der Waals surface area contributed by atoms with E-state index in [9.17, 15) is 19.7 Å². The molecule has 0 atom stereocenters. The average Bonchev–Trinajstić information content (AvgIpc) is 3.08. The summed E-state index contributed by atoms with van der Waals surface area (Å²) in [7, 11) is 1.71. The van der Waals surface area contributed by atoms with Gasteiger partial charge in [-0.2, -0.15) is 0 Å². The topological polar surface area (TPSA) is 132 Å². The molecule has 1 aromatic heterocycles. The lowest BCUT2D eigenvalue weighted by molar-refractivity contribution is -0.384. The van der Waals surface area contributed by atoms with E-state index in [2.05, 4.69) is 20.8 Å². The molecule has 2 amide bonds. The molecule has 3 aromatic rings. The Morgan fingerprint density at radius 2 is 1.61 bits per heavy atom. The third-order valence-electron chi connectivity index (χ3n) is 4.07. The van der Waals surface area contributed by atoms with E-state index in [1.165, 1.54) is 24.3 Å². The summed E-state index contributed by atoms with van der Waals surface area (Å²) in [6.45, 7) is 0. The van der Waals surface area contributed by atoms with Gasteiger partial charge in [0.15, 0.2) is 5.16 Å². The first-order valence-corrected chi connectivity index (χ1v) is 10.3. The van der Waals surface area contributed by atoms with Gasteiger partial charge in [-0.25, -0.2) is 0 Å². The van der Waals surface area contributed by atoms with Crippen molar-refractivity contribution in [1.82, 2.24) is 14.8 Å². The number of aromatic nitrogens is 3. The monoisotopic (exact) mass is 460 g/mol. The van der Waals surface area contributed by atoms with Crippen LogP contribution in [-0.4, -0.2) is 37.3 Å². The molecule has 0 bridgehead atoms. The van der Waals surface area contributed by atoms with Gasteiger partial charge >= 0.3 is 0 Å². The second-order valence-electron chi connectivity index (χ2n) is 6.33. The lowest BCUT2D eigenvalue weighted by Gasteiger charge is -2.06. The minimum absolute atomic E-state index is 0.0156. The summed E-state index contributed by atoms with van der Waals surface area (Å²) in [5.74, 6) is -0.0566. The largest absolute Gasteiger partial charge is 0.326 e. The zero-order valence-corrected chi connectivity index (χ0v) is 17.8. The highest BCUT2D eigenvalue weighted by atomic mass is 35.5. The minimum atomic E-state index is -0.511. The van der Waals surface area contributed by atoms with Crippen LogP contribution >= 0.6 is 23.4 Å². The summed E-state index contributed by atoms with van der Waals surface area (Å²) in [6, 6.07) is 12.3. The number of rotatable bonds is 8. The lowest BCUT2D eigenvalue weighted by atomic mass is 10.3. The Morgan fingerprint density at radius 1 is 1.03 bits per heavy atom. The summed E-state index contributed by atoms with van der Waals surface area (Å²) in [5.41, 5.74) is 1.02. The fourth-order valence-electron chi connectivity index (χ4n) is 2.50. The van der Waals surface area contributed by atoms with Crippen LogP contribution in [0.4, 0.5) is 17.1 Å². The predicted octanol–water partition coefficient (Wildman–Crippen LogP) is 3.29. The number of nitro groups is 1. The summed E-state index contributed by atoms with van der Waals surface area (Å²) < 4.78 is 1.64. The molecule has 2 aromatic carbocycles. The molecule has 0 aliphatic carbocycles. The third kappa shape index (κ3) is 6.27. The number of anilines is 2. The van der Waals surface area contributed by atoms with Crippen LogP contribution < -0.4 is 10.6 Å². The SMILES string of the molecule is Cn1c(CC(=O)Nc2ccc(Cl)cc2)nnc1SCC(=O)Nc1ccc([N+](=O)[O-])cc1. The molecule has 0 fully saturated rings. The summed E-state index contributed by atoms with van der Waals surface area (Å²) >= 11 is 6.99. The van der Waals surface area contributed by atoms with E-state index in [-0.39, 0.29) is 29.7 Å².